The molecule has 1 aromatic carbocycles. The number of aliphatic hydroxyl groups excluding tert-OH is 1. The van der Waals surface area contributed by atoms with E-state index in [0.29, 0.717) is 55.3 Å². The van der Waals surface area contributed by atoms with Crippen molar-refractivity contribution in [1.29, 1.82) is 0 Å². The maximum absolute atomic E-state index is 13.5. The number of aromatic nitrogens is 1. The number of methoxy groups -OCH3 is 1. The first-order chi connectivity index (χ1) is 15.1. The third-order valence-corrected chi connectivity index (χ3v) is 5.69. The average molecular weight is 422 g/mol. The Balaban J connectivity index is 1.71. The molecule has 8 heteroatoms. The van der Waals surface area contributed by atoms with Gasteiger partial charge in [-0.05, 0) is 17.7 Å². The number of imide groups is 1. The second-order valence-electron chi connectivity index (χ2n) is 7.53. The van der Waals surface area contributed by atoms with Gasteiger partial charge in [-0.2, -0.15) is 0 Å². The van der Waals surface area contributed by atoms with E-state index in [1.165, 1.54) is 4.90 Å². The van der Waals surface area contributed by atoms with E-state index in [1.54, 1.807) is 31.6 Å². The molecule has 0 atom stereocenters. The molecule has 1 saturated heterocycles. The number of rotatable bonds is 7. The van der Waals surface area contributed by atoms with Crippen LogP contribution in [0.4, 0.5) is 0 Å². The Morgan fingerprint density at radius 1 is 1.03 bits per heavy atom. The van der Waals surface area contributed by atoms with Crippen LogP contribution in [0.2, 0.25) is 0 Å². The Morgan fingerprint density at radius 3 is 2.48 bits per heavy atom. The molecule has 2 aliphatic rings. The number of amides is 2. The van der Waals surface area contributed by atoms with Gasteiger partial charge in [0, 0.05) is 50.7 Å². The smallest absolute Gasteiger partial charge is 0.278 e. The Morgan fingerprint density at radius 2 is 1.81 bits per heavy atom. The number of piperazine rings is 1. The van der Waals surface area contributed by atoms with Crippen molar-refractivity contribution < 1.29 is 19.4 Å². The average Bonchev–Trinajstić information content (AvgIpc) is 3.05. The van der Waals surface area contributed by atoms with Gasteiger partial charge in [0.15, 0.2) is 0 Å². The third-order valence-electron chi connectivity index (χ3n) is 5.69. The van der Waals surface area contributed by atoms with Crippen LogP contribution >= 0.6 is 0 Å². The van der Waals surface area contributed by atoms with Gasteiger partial charge < -0.3 is 14.7 Å². The monoisotopic (exact) mass is 422 g/mol. The molecule has 0 aliphatic carbocycles. The summed E-state index contributed by atoms with van der Waals surface area (Å²) < 4.78 is 5.50. The fraction of sp³-hybridized carbons (Fsp3) is 0.348. The molecule has 3 heterocycles. The summed E-state index contributed by atoms with van der Waals surface area (Å²) >= 11 is 0. The van der Waals surface area contributed by atoms with E-state index in [1.807, 2.05) is 29.2 Å². The van der Waals surface area contributed by atoms with Gasteiger partial charge in [0.2, 0.25) is 0 Å². The second kappa shape index (κ2) is 9.28. The number of aliphatic hydroxyl groups is 1. The number of para-hydroxylation sites is 1. The molecule has 2 aromatic rings. The highest BCUT2D eigenvalue weighted by Gasteiger charge is 2.43. The number of nitrogens with zero attached hydrogens (tertiary/aromatic N) is 4. The van der Waals surface area contributed by atoms with Crippen molar-refractivity contribution in [3.8, 4) is 5.75 Å². The van der Waals surface area contributed by atoms with Crippen molar-refractivity contribution in [1.82, 2.24) is 19.7 Å². The second-order valence-corrected chi connectivity index (χ2v) is 7.53. The van der Waals surface area contributed by atoms with Crippen LogP contribution < -0.4 is 4.74 Å². The van der Waals surface area contributed by atoms with Crippen LogP contribution in [0.3, 0.4) is 0 Å². The molecule has 4 rings (SSSR count). The summed E-state index contributed by atoms with van der Waals surface area (Å²) in [7, 11) is 1.56. The van der Waals surface area contributed by atoms with Crippen LogP contribution in [-0.4, -0.2) is 83.0 Å². The van der Waals surface area contributed by atoms with Gasteiger partial charge in [0.05, 0.1) is 25.8 Å². The Bertz CT molecular complexity index is 984. The maximum Gasteiger partial charge on any atom is 0.278 e. The summed E-state index contributed by atoms with van der Waals surface area (Å²) in [6.45, 7) is 3.51. The van der Waals surface area contributed by atoms with E-state index >= 15 is 0 Å². The lowest BCUT2D eigenvalue weighted by Crippen LogP contribution is -2.48. The first-order valence-electron chi connectivity index (χ1n) is 10.3. The Hall–Kier alpha value is -3.23. The minimum atomic E-state index is -0.328. The van der Waals surface area contributed by atoms with E-state index in [0.717, 1.165) is 5.56 Å². The topological polar surface area (TPSA) is 86.2 Å². The molecule has 31 heavy (non-hydrogen) atoms. The van der Waals surface area contributed by atoms with Gasteiger partial charge in [-0.3, -0.25) is 24.4 Å². The zero-order valence-corrected chi connectivity index (χ0v) is 17.5. The minimum Gasteiger partial charge on any atom is -0.496 e. The Labute approximate surface area is 181 Å². The predicted molar refractivity (Wildman–Crippen MR) is 115 cm³/mol. The van der Waals surface area contributed by atoms with Gasteiger partial charge in [-0.25, -0.2) is 0 Å². The van der Waals surface area contributed by atoms with Crippen LogP contribution in [0.5, 0.6) is 5.75 Å². The zero-order valence-electron chi connectivity index (χ0n) is 17.5. The number of carbonyl (C=O) groups is 2. The minimum absolute atomic E-state index is 0.103. The summed E-state index contributed by atoms with van der Waals surface area (Å²) in [6.07, 6.45) is 3.32. The fourth-order valence-electron chi connectivity index (χ4n) is 4.10. The van der Waals surface area contributed by atoms with Gasteiger partial charge in [0.1, 0.15) is 11.4 Å². The van der Waals surface area contributed by atoms with Crippen LogP contribution in [0, 0.1) is 0 Å². The normalized spacial score (nSPS) is 17.6. The molecule has 0 saturated carbocycles. The third kappa shape index (κ3) is 4.17. The highest BCUT2D eigenvalue weighted by molar-refractivity contribution is 6.35. The highest BCUT2D eigenvalue weighted by atomic mass is 16.5. The fourth-order valence-corrected chi connectivity index (χ4v) is 4.10. The van der Waals surface area contributed by atoms with Gasteiger partial charge in [-0.15, -0.1) is 0 Å². The van der Waals surface area contributed by atoms with Crippen molar-refractivity contribution in [2.75, 3.05) is 46.4 Å². The molecule has 1 N–H and O–H groups in total. The van der Waals surface area contributed by atoms with Crippen molar-refractivity contribution in [2.24, 2.45) is 0 Å². The SMILES string of the molecule is COc1ccccc1C1=C(N2CCN(CCO)CC2)C(=O)N(Cc2cccnc2)C1=O. The highest BCUT2D eigenvalue weighted by Crippen LogP contribution is 2.37. The van der Waals surface area contributed by atoms with Gasteiger partial charge >= 0.3 is 0 Å². The number of hydrogen-bond donors (Lipinski definition) is 1. The van der Waals surface area contributed by atoms with Crippen LogP contribution in [0.25, 0.3) is 5.57 Å². The molecule has 2 aliphatic heterocycles. The summed E-state index contributed by atoms with van der Waals surface area (Å²) in [6, 6.07) is 10.9. The molecular formula is C23H26N4O4. The maximum atomic E-state index is 13.5. The van der Waals surface area contributed by atoms with E-state index in [2.05, 4.69) is 9.88 Å². The number of pyridine rings is 1. The molecule has 0 unspecified atom stereocenters. The quantitative estimate of drug-likeness (QED) is 0.666. The van der Waals surface area contributed by atoms with Crippen LogP contribution in [0.1, 0.15) is 11.1 Å². The molecule has 0 radical (unpaired) electrons. The van der Waals surface area contributed by atoms with Crippen molar-refractivity contribution in [3.63, 3.8) is 0 Å². The number of carbonyl (C=O) groups excluding carboxylic acids is 2. The first kappa shape index (κ1) is 21.0. The van der Waals surface area contributed by atoms with E-state index in [4.69, 9.17) is 4.74 Å². The van der Waals surface area contributed by atoms with Crippen LogP contribution in [-0.2, 0) is 16.1 Å². The lowest BCUT2D eigenvalue weighted by Gasteiger charge is -2.36. The van der Waals surface area contributed by atoms with Crippen LogP contribution in [0.15, 0.2) is 54.5 Å². The molecular weight excluding hydrogens is 396 g/mol. The Kier molecular flexibility index (Phi) is 6.29. The molecule has 8 nitrogen and oxygen atoms in total. The molecule has 162 valence electrons. The predicted octanol–water partition coefficient (Wildman–Crippen LogP) is 0.980. The first-order valence-corrected chi connectivity index (χ1v) is 10.3. The number of hydrogen-bond acceptors (Lipinski definition) is 7. The summed E-state index contributed by atoms with van der Waals surface area (Å²) in [4.78, 5) is 36.5. The number of benzene rings is 1. The molecule has 0 bridgehead atoms. The molecule has 1 fully saturated rings. The molecule has 0 spiro atoms. The van der Waals surface area contributed by atoms with Gasteiger partial charge in [0.25, 0.3) is 11.8 Å². The van der Waals surface area contributed by atoms with Crippen molar-refractivity contribution in [3.05, 3.63) is 65.6 Å². The van der Waals surface area contributed by atoms with E-state index in [9.17, 15) is 14.7 Å². The lowest BCUT2D eigenvalue weighted by atomic mass is 10.0. The van der Waals surface area contributed by atoms with E-state index < -0.39 is 0 Å². The number of ether oxygens (including phenoxy) is 1. The molecule has 2 amide bonds. The van der Waals surface area contributed by atoms with Crippen molar-refractivity contribution >= 4 is 17.4 Å². The summed E-state index contributed by atoms with van der Waals surface area (Å²) in [5, 5.41) is 9.21. The zero-order chi connectivity index (χ0) is 21.8. The van der Waals surface area contributed by atoms with Gasteiger partial charge in [-0.1, -0.05) is 24.3 Å². The standard InChI is InChI=1S/C23H26N4O4/c1-31-19-7-3-2-6-18(19)20-21(26-11-9-25(10-12-26)13-14-28)23(30)27(22(20)29)16-17-5-4-8-24-15-17/h2-8,15,28H,9-14,16H2,1H3. The largest absolute Gasteiger partial charge is 0.496 e. The molecule has 1 aromatic heterocycles. The summed E-state index contributed by atoms with van der Waals surface area (Å²) in [5.74, 6) is -0.0743. The van der Waals surface area contributed by atoms with Crippen molar-refractivity contribution in [2.45, 2.75) is 6.54 Å². The number of β-amino-alcohol motifs (C(OH)–C–C–N with tert-alkyl or cyclic N) is 1. The summed E-state index contributed by atoms with van der Waals surface area (Å²) in [5.41, 5.74) is 2.20. The lowest BCUT2D eigenvalue weighted by molar-refractivity contribution is -0.138. The van der Waals surface area contributed by atoms with E-state index in [-0.39, 0.29) is 25.0 Å².